The molecule has 0 aromatic rings. The first-order valence-electron chi connectivity index (χ1n) is 5.55. The average Bonchev–Trinajstić information content (AvgIpc) is 2.26. The van der Waals surface area contributed by atoms with Crippen molar-refractivity contribution in [2.75, 3.05) is 13.7 Å². The highest BCUT2D eigenvalue weighted by molar-refractivity contribution is 4.88. The third kappa shape index (κ3) is 4.08. The van der Waals surface area contributed by atoms with Gasteiger partial charge >= 0.3 is 0 Å². The van der Waals surface area contributed by atoms with E-state index < -0.39 is 0 Å². The Hall–Kier alpha value is -0.590. The molecule has 1 atom stereocenters. The normalized spacial score (nSPS) is 20.3. The first-order valence-corrected chi connectivity index (χ1v) is 5.55. The fraction of sp³-hybridized carbons (Fsp3) is 0.909. The van der Waals surface area contributed by atoms with E-state index in [0.717, 1.165) is 6.42 Å². The van der Waals surface area contributed by atoms with Gasteiger partial charge in [0, 0.05) is 6.61 Å². The first kappa shape index (κ1) is 11.5. The number of hydrogen-bond donors (Lipinski definition) is 1. The van der Waals surface area contributed by atoms with Crippen LogP contribution in [-0.4, -0.2) is 25.8 Å². The molecule has 0 saturated heterocycles. The van der Waals surface area contributed by atoms with Crippen molar-refractivity contribution < 1.29 is 4.74 Å². The van der Waals surface area contributed by atoms with Crippen LogP contribution in [0.1, 0.15) is 38.5 Å². The minimum atomic E-state index is -0.0569. The summed E-state index contributed by atoms with van der Waals surface area (Å²) in [5.41, 5.74) is 0. The second kappa shape index (κ2) is 6.80. The van der Waals surface area contributed by atoms with Gasteiger partial charge in [-0.25, -0.2) is 0 Å². The number of hydrogen-bond acceptors (Lipinski definition) is 3. The van der Waals surface area contributed by atoms with Crippen LogP contribution in [0.2, 0.25) is 0 Å². The second-order valence-corrected chi connectivity index (χ2v) is 3.89. The minimum Gasteiger partial charge on any atom is -0.378 e. The molecule has 0 bridgehead atoms. The van der Waals surface area contributed by atoms with Gasteiger partial charge in [0.15, 0.2) is 0 Å². The van der Waals surface area contributed by atoms with Crippen LogP contribution < -0.4 is 5.32 Å². The van der Waals surface area contributed by atoms with Crippen molar-refractivity contribution in [1.82, 2.24) is 5.32 Å². The lowest BCUT2D eigenvalue weighted by Gasteiger charge is -2.22. The molecule has 0 aliphatic heterocycles. The quantitative estimate of drug-likeness (QED) is 0.729. The van der Waals surface area contributed by atoms with Crippen LogP contribution in [0.5, 0.6) is 0 Å². The van der Waals surface area contributed by atoms with Crippen LogP contribution in [0.25, 0.3) is 0 Å². The average molecular weight is 196 g/mol. The summed E-state index contributed by atoms with van der Waals surface area (Å²) in [5.74, 6) is 0. The monoisotopic (exact) mass is 196 g/mol. The summed E-state index contributed by atoms with van der Waals surface area (Å²) in [6, 6.07) is 2.14. The van der Waals surface area contributed by atoms with Crippen LogP contribution in [0.4, 0.5) is 0 Å². The molecule has 0 radical (unpaired) electrons. The smallest absolute Gasteiger partial charge is 0.0972 e. The SMILES string of the molecule is CNC(C#N)CCOC1CCCCC1. The van der Waals surface area contributed by atoms with E-state index in [2.05, 4.69) is 11.4 Å². The topological polar surface area (TPSA) is 45.0 Å². The summed E-state index contributed by atoms with van der Waals surface area (Å²) in [6.07, 6.45) is 7.63. The fourth-order valence-electron chi connectivity index (χ4n) is 1.86. The molecule has 0 amide bonds. The van der Waals surface area contributed by atoms with Crippen molar-refractivity contribution >= 4 is 0 Å². The van der Waals surface area contributed by atoms with E-state index in [1.54, 1.807) is 0 Å². The molecular formula is C11H20N2O. The molecule has 3 heteroatoms. The molecule has 0 heterocycles. The lowest BCUT2D eigenvalue weighted by molar-refractivity contribution is 0.0256. The van der Waals surface area contributed by atoms with Crippen molar-refractivity contribution in [3.63, 3.8) is 0 Å². The van der Waals surface area contributed by atoms with Gasteiger partial charge in [0.1, 0.15) is 0 Å². The van der Waals surface area contributed by atoms with Gasteiger partial charge in [0.05, 0.1) is 18.2 Å². The first-order chi connectivity index (χ1) is 6.86. The highest BCUT2D eigenvalue weighted by atomic mass is 16.5. The Morgan fingerprint density at radius 3 is 2.71 bits per heavy atom. The van der Waals surface area contributed by atoms with E-state index in [1.165, 1.54) is 32.1 Å². The van der Waals surface area contributed by atoms with E-state index in [9.17, 15) is 0 Å². The lowest BCUT2D eigenvalue weighted by Crippen LogP contribution is -2.26. The number of rotatable bonds is 5. The maximum atomic E-state index is 8.69. The molecule has 0 aromatic carbocycles. The van der Waals surface area contributed by atoms with E-state index in [1.807, 2.05) is 7.05 Å². The molecule has 0 spiro atoms. The van der Waals surface area contributed by atoms with Crippen molar-refractivity contribution in [3.8, 4) is 6.07 Å². The van der Waals surface area contributed by atoms with Gasteiger partial charge in [-0.15, -0.1) is 0 Å². The predicted octanol–water partition coefficient (Wildman–Crippen LogP) is 1.84. The Kier molecular flexibility index (Phi) is 5.58. The van der Waals surface area contributed by atoms with Crippen molar-refractivity contribution in [3.05, 3.63) is 0 Å². The maximum absolute atomic E-state index is 8.69. The Morgan fingerprint density at radius 2 is 2.14 bits per heavy atom. The molecule has 1 rings (SSSR count). The van der Waals surface area contributed by atoms with Crippen LogP contribution in [0.3, 0.4) is 0 Å². The summed E-state index contributed by atoms with van der Waals surface area (Å²) >= 11 is 0. The Bertz CT molecular complexity index is 182. The van der Waals surface area contributed by atoms with Gasteiger partial charge in [-0.2, -0.15) is 5.26 Å². The zero-order valence-corrected chi connectivity index (χ0v) is 8.96. The molecule has 1 aliphatic carbocycles. The predicted molar refractivity (Wildman–Crippen MR) is 55.9 cm³/mol. The Labute approximate surface area is 86.4 Å². The van der Waals surface area contributed by atoms with Gasteiger partial charge in [-0.3, -0.25) is 0 Å². The van der Waals surface area contributed by atoms with E-state index in [4.69, 9.17) is 10.00 Å². The summed E-state index contributed by atoms with van der Waals surface area (Å²) in [7, 11) is 1.81. The fourth-order valence-corrected chi connectivity index (χ4v) is 1.86. The molecule has 1 N–H and O–H groups in total. The third-order valence-corrected chi connectivity index (χ3v) is 2.82. The number of nitrogens with zero attached hydrogens (tertiary/aromatic N) is 1. The molecule has 1 fully saturated rings. The van der Waals surface area contributed by atoms with Gasteiger partial charge in [-0.1, -0.05) is 19.3 Å². The number of nitrogens with one attached hydrogen (secondary N) is 1. The number of ether oxygens (including phenoxy) is 1. The molecule has 3 nitrogen and oxygen atoms in total. The highest BCUT2D eigenvalue weighted by Gasteiger charge is 2.14. The van der Waals surface area contributed by atoms with Gasteiger partial charge in [-0.05, 0) is 26.3 Å². The zero-order valence-electron chi connectivity index (χ0n) is 8.96. The third-order valence-electron chi connectivity index (χ3n) is 2.82. The standard InChI is InChI=1S/C11H20N2O/c1-13-10(9-12)7-8-14-11-5-3-2-4-6-11/h10-11,13H,2-8H2,1H3. The minimum absolute atomic E-state index is 0.0569. The van der Waals surface area contributed by atoms with Crippen LogP contribution in [-0.2, 0) is 4.74 Å². The molecule has 80 valence electrons. The van der Waals surface area contributed by atoms with Crippen LogP contribution >= 0.6 is 0 Å². The molecule has 14 heavy (non-hydrogen) atoms. The van der Waals surface area contributed by atoms with Crippen molar-refractivity contribution in [2.45, 2.75) is 50.7 Å². The maximum Gasteiger partial charge on any atom is 0.0972 e. The molecule has 1 aliphatic rings. The molecule has 1 unspecified atom stereocenters. The van der Waals surface area contributed by atoms with Crippen LogP contribution in [0.15, 0.2) is 0 Å². The van der Waals surface area contributed by atoms with Crippen molar-refractivity contribution in [2.24, 2.45) is 0 Å². The molecular weight excluding hydrogens is 176 g/mol. The van der Waals surface area contributed by atoms with Crippen LogP contribution in [0, 0.1) is 11.3 Å². The van der Waals surface area contributed by atoms with Gasteiger partial charge in [0.25, 0.3) is 0 Å². The van der Waals surface area contributed by atoms with E-state index >= 15 is 0 Å². The summed E-state index contributed by atoms with van der Waals surface area (Å²) in [4.78, 5) is 0. The number of nitriles is 1. The van der Waals surface area contributed by atoms with Gasteiger partial charge < -0.3 is 10.1 Å². The summed E-state index contributed by atoms with van der Waals surface area (Å²) in [5, 5.41) is 11.6. The summed E-state index contributed by atoms with van der Waals surface area (Å²) < 4.78 is 5.73. The van der Waals surface area contributed by atoms with E-state index in [-0.39, 0.29) is 6.04 Å². The lowest BCUT2D eigenvalue weighted by atomic mass is 9.98. The molecule has 1 saturated carbocycles. The largest absolute Gasteiger partial charge is 0.378 e. The Morgan fingerprint density at radius 1 is 1.43 bits per heavy atom. The summed E-state index contributed by atoms with van der Waals surface area (Å²) in [6.45, 7) is 0.712. The molecule has 0 aromatic heterocycles. The Balaban J connectivity index is 2.05. The van der Waals surface area contributed by atoms with Crippen molar-refractivity contribution in [1.29, 1.82) is 5.26 Å². The van der Waals surface area contributed by atoms with Gasteiger partial charge in [0.2, 0.25) is 0 Å². The van der Waals surface area contributed by atoms with E-state index in [0.29, 0.717) is 12.7 Å². The zero-order chi connectivity index (χ0) is 10.2. The highest BCUT2D eigenvalue weighted by Crippen LogP contribution is 2.20. The second-order valence-electron chi connectivity index (χ2n) is 3.89.